The predicted octanol–water partition coefficient (Wildman–Crippen LogP) is 4.56. The van der Waals surface area contributed by atoms with Crippen molar-refractivity contribution in [2.75, 3.05) is 0 Å². The zero-order chi connectivity index (χ0) is 15.6. The number of para-hydroxylation sites is 2. The maximum Gasteiger partial charge on any atom is 0.101 e. The number of nitrogens with zero attached hydrogens (tertiary/aromatic N) is 3. The third-order valence-electron chi connectivity index (χ3n) is 3.88. The average molecular weight is 295 g/mol. The highest BCUT2D eigenvalue weighted by Gasteiger charge is 2.12. The summed E-state index contributed by atoms with van der Waals surface area (Å²) in [6.45, 7) is 0. The molecule has 0 aliphatic carbocycles. The molecule has 0 saturated carbocycles. The fourth-order valence-corrected chi connectivity index (χ4v) is 2.75. The Hall–Kier alpha value is -3.38. The molecule has 1 aromatic heterocycles. The van der Waals surface area contributed by atoms with E-state index in [1.165, 1.54) is 0 Å². The standard InChI is InChI=1S/C20H13N3/c21-14-15-10-12-16(13-11-15)20-18-8-4-5-9-19(18)23(22-20)17-6-2-1-3-7-17/h1-13H. The van der Waals surface area contributed by atoms with Gasteiger partial charge in [-0.05, 0) is 30.3 Å². The van der Waals surface area contributed by atoms with E-state index in [2.05, 4.69) is 18.2 Å². The van der Waals surface area contributed by atoms with Crippen molar-refractivity contribution in [2.24, 2.45) is 0 Å². The molecule has 0 unspecified atom stereocenters. The molecule has 4 rings (SSSR count). The number of hydrogen-bond acceptors (Lipinski definition) is 2. The predicted molar refractivity (Wildman–Crippen MR) is 91.2 cm³/mol. The Morgan fingerprint density at radius 1 is 0.783 bits per heavy atom. The molecule has 3 nitrogen and oxygen atoms in total. The molecule has 0 bridgehead atoms. The van der Waals surface area contributed by atoms with E-state index in [-0.39, 0.29) is 0 Å². The van der Waals surface area contributed by atoms with Crippen LogP contribution in [0.3, 0.4) is 0 Å². The lowest BCUT2D eigenvalue weighted by Crippen LogP contribution is -1.95. The Balaban J connectivity index is 1.96. The van der Waals surface area contributed by atoms with E-state index in [0.29, 0.717) is 5.56 Å². The molecule has 1 heterocycles. The molecule has 4 aromatic rings. The topological polar surface area (TPSA) is 41.6 Å². The summed E-state index contributed by atoms with van der Waals surface area (Å²) >= 11 is 0. The quantitative estimate of drug-likeness (QED) is 0.544. The fraction of sp³-hybridized carbons (Fsp3) is 0. The molecule has 108 valence electrons. The summed E-state index contributed by atoms with van der Waals surface area (Å²) < 4.78 is 1.96. The molecule has 0 amide bonds. The van der Waals surface area contributed by atoms with Gasteiger partial charge in [0.1, 0.15) is 5.69 Å². The monoisotopic (exact) mass is 295 g/mol. The van der Waals surface area contributed by atoms with E-state index in [1.54, 1.807) is 0 Å². The van der Waals surface area contributed by atoms with Crippen molar-refractivity contribution in [1.29, 1.82) is 5.26 Å². The molecule has 0 atom stereocenters. The Morgan fingerprint density at radius 2 is 1.48 bits per heavy atom. The van der Waals surface area contributed by atoms with Crippen molar-refractivity contribution in [1.82, 2.24) is 9.78 Å². The highest BCUT2D eigenvalue weighted by atomic mass is 15.3. The highest BCUT2D eigenvalue weighted by Crippen LogP contribution is 2.29. The third kappa shape index (κ3) is 2.27. The van der Waals surface area contributed by atoms with E-state index in [9.17, 15) is 0 Å². The number of nitriles is 1. The number of rotatable bonds is 2. The molecule has 0 aliphatic rings. The number of aromatic nitrogens is 2. The van der Waals surface area contributed by atoms with Gasteiger partial charge < -0.3 is 0 Å². The van der Waals surface area contributed by atoms with Crippen LogP contribution in [0.2, 0.25) is 0 Å². The molecule has 0 N–H and O–H groups in total. The van der Waals surface area contributed by atoms with E-state index >= 15 is 0 Å². The minimum absolute atomic E-state index is 0.653. The first-order valence-electron chi connectivity index (χ1n) is 7.40. The fourth-order valence-electron chi connectivity index (χ4n) is 2.75. The van der Waals surface area contributed by atoms with Crippen LogP contribution in [0, 0.1) is 11.3 Å². The Bertz CT molecular complexity index is 1010. The molecule has 0 saturated heterocycles. The summed E-state index contributed by atoms with van der Waals surface area (Å²) in [6, 6.07) is 28.0. The van der Waals surface area contributed by atoms with Crippen molar-refractivity contribution < 1.29 is 0 Å². The largest absolute Gasteiger partial charge is 0.232 e. The molecule has 0 radical (unpaired) electrons. The van der Waals surface area contributed by atoms with Crippen LogP contribution in [0.4, 0.5) is 0 Å². The van der Waals surface area contributed by atoms with Gasteiger partial charge in [-0.3, -0.25) is 0 Å². The first-order valence-corrected chi connectivity index (χ1v) is 7.40. The van der Waals surface area contributed by atoms with Crippen molar-refractivity contribution in [3.8, 4) is 23.0 Å². The maximum absolute atomic E-state index is 8.95. The van der Waals surface area contributed by atoms with Gasteiger partial charge in [0.25, 0.3) is 0 Å². The van der Waals surface area contributed by atoms with Crippen LogP contribution in [-0.4, -0.2) is 9.78 Å². The summed E-state index contributed by atoms with van der Waals surface area (Å²) in [5, 5.41) is 14.9. The van der Waals surface area contributed by atoms with Gasteiger partial charge in [0, 0.05) is 10.9 Å². The second-order valence-corrected chi connectivity index (χ2v) is 5.30. The van der Waals surface area contributed by atoms with Crippen molar-refractivity contribution in [2.45, 2.75) is 0 Å². The molecule has 0 aliphatic heterocycles. The van der Waals surface area contributed by atoms with Crippen LogP contribution < -0.4 is 0 Å². The zero-order valence-electron chi connectivity index (χ0n) is 12.3. The van der Waals surface area contributed by atoms with Crippen LogP contribution in [0.15, 0.2) is 78.9 Å². The molecule has 0 fully saturated rings. The molecular weight excluding hydrogens is 282 g/mol. The van der Waals surface area contributed by atoms with Crippen molar-refractivity contribution in [3.63, 3.8) is 0 Å². The molecule has 3 aromatic carbocycles. The molecule has 0 spiro atoms. The number of hydrogen-bond donors (Lipinski definition) is 0. The average Bonchev–Trinajstić information content (AvgIpc) is 3.02. The lowest BCUT2D eigenvalue weighted by molar-refractivity contribution is 0.915. The van der Waals surface area contributed by atoms with Crippen LogP contribution in [0.25, 0.3) is 27.8 Å². The zero-order valence-corrected chi connectivity index (χ0v) is 12.3. The second-order valence-electron chi connectivity index (χ2n) is 5.30. The van der Waals surface area contributed by atoms with Crippen LogP contribution in [-0.2, 0) is 0 Å². The number of fused-ring (bicyclic) bond motifs is 1. The van der Waals surface area contributed by atoms with Crippen LogP contribution in [0.1, 0.15) is 5.56 Å². The summed E-state index contributed by atoms with van der Waals surface area (Å²) in [6.07, 6.45) is 0. The second kappa shape index (κ2) is 5.43. The molecule has 3 heteroatoms. The van der Waals surface area contributed by atoms with Gasteiger partial charge in [-0.25, -0.2) is 4.68 Å². The Labute approximate surface area is 134 Å². The van der Waals surface area contributed by atoms with Gasteiger partial charge in [-0.2, -0.15) is 10.4 Å². The van der Waals surface area contributed by atoms with Gasteiger partial charge in [-0.1, -0.05) is 48.5 Å². The third-order valence-corrected chi connectivity index (χ3v) is 3.88. The van der Waals surface area contributed by atoms with Crippen LogP contribution in [0.5, 0.6) is 0 Å². The smallest absolute Gasteiger partial charge is 0.101 e. The Kier molecular flexibility index (Phi) is 3.14. The summed E-state index contributed by atoms with van der Waals surface area (Å²) in [7, 11) is 0. The normalized spacial score (nSPS) is 10.6. The van der Waals surface area contributed by atoms with Crippen molar-refractivity contribution in [3.05, 3.63) is 84.4 Å². The minimum Gasteiger partial charge on any atom is -0.232 e. The lowest BCUT2D eigenvalue weighted by atomic mass is 10.1. The van der Waals surface area contributed by atoms with Gasteiger partial charge >= 0.3 is 0 Å². The number of benzene rings is 3. The molecule has 23 heavy (non-hydrogen) atoms. The van der Waals surface area contributed by atoms with E-state index in [4.69, 9.17) is 10.4 Å². The SMILES string of the molecule is N#Cc1ccc(-c2nn(-c3ccccc3)c3ccccc23)cc1. The van der Waals surface area contributed by atoms with Crippen molar-refractivity contribution >= 4 is 10.9 Å². The van der Waals surface area contributed by atoms with E-state index < -0.39 is 0 Å². The first kappa shape index (κ1) is 13.3. The van der Waals surface area contributed by atoms with Gasteiger partial charge in [0.15, 0.2) is 0 Å². The molecular formula is C20H13N3. The van der Waals surface area contributed by atoms with Gasteiger partial charge in [-0.15, -0.1) is 0 Å². The minimum atomic E-state index is 0.653. The highest BCUT2D eigenvalue weighted by molar-refractivity contribution is 5.94. The van der Waals surface area contributed by atoms with Gasteiger partial charge in [0.2, 0.25) is 0 Å². The first-order chi connectivity index (χ1) is 11.4. The van der Waals surface area contributed by atoms with Crippen LogP contribution >= 0.6 is 0 Å². The van der Waals surface area contributed by atoms with E-state index in [0.717, 1.165) is 27.8 Å². The maximum atomic E-state index is 8.95. The van der Waals surface area contributed by atoms with E-state index in [1.807, 2.05) is 71.4 Å². The summed E-state index contributed by atoms with van der Waals surface area (Å²) in [4.78, 5) is 0. The summed E-state index contributed by atoms with van der Waals surface area (Å²) in [5.74, 6) is 0. The Morgan fingerprint density at radius 3 is 2.22 bits per heavy atom. The lowest BCUT2D eigenvalue weighted by Gasteiger charge is -2.02. The summed E-state index contributed by atoms with van der Waals surface area (Å²) in [5.41, 5.74) is 4.69. The van der Waals surface area contributed by atoms with Gasteiger partial charge in [0.05, 0.1) is 22.8 Å².